The molecule has 1 amide bonds. The summed E-state index contributed by atoms with van der Waals surface area (Å²) in [6.07, 6.45) is -2.00. The maximum atomic E-state index is 12.8. The number of pyridine rings is 1. The molecule has 2 aromatic rings. The number of nitrogens with zero attached hydrogens (tertiary/aromatic N) is 5. The van der Waals surface area contributed by atoms with Gasteiger partial charge in [-0.15, -0.1) is 0 Å². The summed E-state index contributed by atoms with van der Waals surface area (Å²) >= 11 is 0. The number of ether oxygens (including phenoxy) is 1. The predicted molar refractivity (Wildman–Crippen MR) is 82.4 cm³/mol. The van der Waals surface area contributed by atoms with Crippen LogP contribution >= 0.6 is 0 Å². The lowest BCUT2D eigenvalue weighted by atomic mass is 10.2. The number of aromatic nitrogens is 3. The van der Waals surface area contributed by atoms with Crippen molar-refractivity contribution in [1.82, 2.24) is 15.0 Å². The Bertz CT molecular complexity index is 784. The van der Waals surface area contributed by atoms with Crippen molar-refractivity contribution in [3.05, 3.63) is 36.3 Å². The van der Waals surface area contributed by atoms with Crippen molar-refractivity contribution in [2.24, 2.45) is 0 Å². The second kappa shape index (κ2) is 6.54. The van der Waals surface area contributed by atoms with Crippen molar-refractivity contribution in [3.8, 4) is 5.88 Å². The molecule has 0 radical (unpaired) electrons. The Labute approximate surface area is 141 Å². The van der Waals surface area contributed by atoms with Crippen LogP contribution in [0.15, 0.2) is 30.6 Å². The highest BCUT2D eigenvalue weighted by Crippen LogP contribution is 2.28. The van der Waals surface area contributed by atoms with Crippen LogP contribution in [0.1, 0.15) is 5.69 Å². The number of hydrogen-bond donors (Lipinski definition) is 0. The van der Waals surface area contributed by atoms with Gasteiger partial charge in [0, 0.05) is 31.5 Å². The zero-order valence-corrected chi connectivity index (χ0v) is 13.2. The van der Waals surface area contributed by atoms with E-state index in [2.05, 4.69) is 15.0 Å². The van der Waals surface area contributed by atoms with Gasteiger partial charge in [-0.25, -0.2) is 15.0 Å². The third kappa shape index (κ3) is 3.62. The van der Waals surface area contributed by atoms with Crippen LogP contribution in [0.3, 0.4) is 0 Å². The van der Waals surface area contributed by atoms with Crippen molar-refractivity contribution < 1.29 is 22.7 Å². The highest BCUT2D eigenvalue weighted by atomic mass is 19.4. The molecule has 0 saturated carbocycles. The summed E-state index contributed by atoms with van der Waals surface area (Å²) in [5.41, 5.74) is -0.423. The van der Waals surface area contributed by atoms with Gasteiger partial charge in [-0.2, -0.15) is 13.2 Å². The van der Waals surface area contributed by atoms with Crippen LogP contribution in [0.4, 0.5) is 24.8 Å². The Kier molecular flexibility index (Phi) is 4.43. The molecule has 25 heavy (non-hydrogen) atoms. The van der Waals surface area contributed by atoms with E-state index in [9.17, 15) is 18.0 Å². The number of carbonyl (C=O) groups is 1. The fourth-order valence-corrected chi connectivity index (χ4v) is 2.45. The number of amides is 1. The number of carbonyl (C=O) groups excluding carboxylic acids is 1. The monoisotopic (exact) mass is 353 g/mol. The molecule has 0 aromatic carbocycles. The van der Waals surface area contributed by atoms with E-state index >= 15 is 0 Å². The zero-order valence-electron chi connectivity index (χ0n) is 13.2. The van der Waals surface area contributed by atoms with Crippen LogP contribution in [0.25, 0.3) is 0 Å². The normalized spacial score (nSPS) is 15.4. The van der Waals surface area contributed by atoms with Crippen LogP contribution < -0.4 is 14.5 Å². The quantitative estimate of drug-likeness (QED) is 0.837. The standard InChI is InChI=1S/C15H14F3N5O2/c1-25-12-8-10(2-4-19-12)23-7-6-22(9-13(23)24)14-20-5-3-11(21-14)15(16,17)18/h2-5,8H,6-7,9H2,1H3. The molecule has 0 aliphatic carbocycles. The Morgan fingerprint density at radius 3 is 2.60 bits per heavy atom. The number of hydrogen-bond acceptors (Lipinski definition) is 6. The van der Waals surface area contributed by atoms with E-state index in [1.165, 1.54) is 23.1 Å². The fraction of sp³-hybridized carbons (Fsp3) is 0.333. The maximum absolute atomic E-state index is 12.8. The average molecular weight is 353 g/mol. The SMILES string of the molecule is COc1cc(N2CCN(c3nccc(C(F)(F)F)n3)CC2=O)ccn1. The van der Waals surface area contributed by atoms with Gasteiger partial charge in [0.25, 0.3) is 0 Å². The van der Waals surface area contributed by atoms with E-state index in [1.807, 2.05) is 0 Å². The van der Waals surface area contributed by atoms with Crippen molar-refractivity contribution in [3.63, 3.8) is 0 Å². The van der Waals surface area contributed by atoms with Crippen molar-refractivity contribution in [1.29, 1.82) is 0 Å². The summed E-state index contributed by atoms with van der Waals surface area (Å²) in [6.45, 7) is 0.468. The number of methoxy groups -OCH3 is 1. The summed E-state index contributed by atoms with van der Waals surface area (Å²) in [5, 5.41) is 0. The van der Waals surface area contributed by atoms with E-state index in [0.29, 0.717) is 18.1 Å². The van der Waals surface area contributed by atoms with Gasteiger partial charge in [0.2, 0.25) is 17.7 Å². The van der Waals surface area contributed by atoms with Crippen LogP contribution in [-0.4, -0.2) is 47.6 Å². The molecule has 1 saturated heterocycles. The zero-order chi connectivity index (χ0) is 18.0. The van der Waals surface area contributed by atoms with Gasteiger partial charge >= 0.3 is 6.18 Å². The molecule has 3 heterocycles. The molecule has 0 N–H and O–H groups in total. The molecule has 2 aromatic heterocycles. The molecule has 0 unspecified atom stereocenters. The maximum Gasteiger partial charge on any atom is 0.433 e. The third-order valence-electron chi connectivity index (χ3n) is 3.68. The summed E-state index contributed by atoms with van der Waals surface area (Å²) in [6, 6.07) is 4.08. The molecule has 1 fully saturated rings. The Morgan fingerprint density at radius 2 is 1.92 bits per heavy atom. The van der Waals surface area contributed by atoms with E-state index in [-0.39, 0.29) is 24.9 Å². The Hall–Kier alpha value is -2.91. The van der Waals surface area contributed by atoms with E-state index in [1.54, 1.807) is 12.1 Å². The molecular formula is C15H14F3N5O2. The van der Waals surface area contributed by atoms with E-state index in [4.69, 9.17) is 4.74 Å². The fourth-order valence-electron chi connectivity index (χ4n) is 2.45. The summed E-state index contributed by atoms with van der Waals surface area (Å²) < 4.78 is 43.3. The van der Waals surface area contributed by atoms with E-state index < -0.39 is 11.9 Å². The minimum atomic E-state index is -4.56. The lowest BCUT2D eigenvalue weighted by Crippen LogP contribution is -2.51. The topological polar surface area (TPSA) is 71.5 Å². The molecule has 0 bridgehead atoms. The molecule has 10 heteroatoms. The molecule has 7 nitrogen and oxygen atoms in total. The average Bonchev–Trinajstić information content (AvgIpc) is 2.61. The van der Waals surface area contributed by atoms with Gasteiger partial charge in [-0.3, -0.25) is 4.79 Å². The first-order valence-electron chi connectivity index (χ1n) is 7.34. The summed E-state index contributed by atoms with van der Waals surface area (Å²) in [5.74, 6) is -0.0235. The number of halogens is 3. The predicted octanol–water partition coefficient (Wildman–Crippen LogP) is 1.75. The molecular weight excluding hydrogens is 339 g/mol. The molecule has 1 aliphatic heterocycles. The van der Waals surface area contributed by atoms with Crippen molar-refractivity contribution >= 4 is 17.5 Å². The van der Waals surface area contributed by atoms with Crippen LogP contribution in [0.5, 0.6) is 5.88 Å². The van der Waals surface area contributed by atoms with Crippen LogP contribution in [0.2, 0.25) is 0 Å². The minimum Gasteiger partial charge on any atom is -0.481 e. The molecule has 1 aliphatic rings. The lowest BCUT2D eigenvalue weighted by molar-refractivity contribution is -0.141. The second-order valence-corrected chi connectivity index (χ2v) is 5.26. The molecule has 0 atom stereocenters. The Balaban J connectivity index is 1.77. The third-order valence-corrected chi connectivity index (χ3v) is 3.68. The molecule has 132 valence electrons. The van der Waals surface area contributed by atoms with Gasteiger partial charge < -0.3 is 14.5 Å². The summed E-state index contributed by atoms with van der Waals surface area (Å²) in [4.78, 5) is 26.7. The highest BCUT2D eigenvalue weighted by molar-refractivity contribution is 5.97. The number of alkyl halides is 3. The number of rotatable bonds is 3. The minimum absolute atomic E-state index is 0.116. The number of piperazine rings is 1. The van der Waals surface area contributed by atoms with Gasteiger partial charge in [0.1, 0.15) is 12.2 Å². The first kappa shape index (κ1) is 16.9. The number of anilines is 2. The van der Waals surface area contributed by atoms with E-state index in [0.717, 1.165) is 12.3 Å². The van der Waals surface area contributed by atoms with Gasteiger partial charge in [-0.05, 0) is 12.1 Å². The van der Waals surface area contributed by atoms with Gasteiger partial charge in [0.15, 0.2) is 0 Å². The van der Waals surface area contributed by atoms with Crippen LogP contribution in [-0.2, 0) is 11.0 Å². The van der Waals surface area contributed by atoms with Gasteiger partial charge in [-0.1, -0.05) is 0 Å². The highest BCUT2D eigenvalue weighted by Gasteiger charge is 2.34. The van der Waals surface area contributed by atoms with Crippen molar-refractivity contribution in [2.45, 2.75) is 6.18 Å². The second-order valence-electron chi connectivity index (χ2n) is 5.26. The first-order valence-corrected chi connectivity index (χ1v) is 7.34. The largest absolute Gasteiger partial charge is 0.481 e. The molecule has 0 spiro atoms. The smallest absolute Gasteiger partial charge is 0.433 e. The molecule has 3 rings (SSSR count). The van der Waals surface area contributed by atoms with Crippen molar-refractivity contribution in [2.75, 3.05) is 36.5 Å². The van der Waals surface area contributed by atoms with Crippen LogP contribution in [0, 0.1) is 0 Å². The summed E-state index contributed by atoms with van der Waals surface area (Å²) in [7, 11) is 1.47. The van der Waals surface area contributed by atoms with Gasteiger partial charge in [0.05, 0.1) is 12.8 Å². The Morgan fingerprint density at radius 1 is 1.16 bits per heavy atom. The lowest BCUT2D eigenvalue weighted by Gasteiger charge is -2.34. The first-order chi connectivity index (χ1) is 11.9.